The maximum atomic E-state index is 12.3. The van der Waals surface area contributed by atoms with Gasteiger partial charge in [0.05, 0.1) is 31.5 Å². The number of rotatable bonds is 6. The third-order valence-corrected chi connectivity index (χ3v) is 4.78. The second kappa shape index (κ2) is 8.47. The topological polar surface area (TPSA) is 59.4 Å². The summed E-state index contributed by atoms with van der Waals surface area (Å²) in [7, 11) is 0. The Hall–Kier alpha value is -1.89. The van der Waals surface area contributed by atoms with Crippen LogP contribution in [-0.2, 0) is 11.3 Å². The van der Waals surface area contributed by atoms with E-state index in [4.69, 9.17) is 16.3 Å². The van der Waals surface area contributed by atoms with Gasteiger partial charge in [-0.2, -0.15) is 5.10 Å². The van der Waals surface area contributed by atoms with Gasteiger partial charge in [0.2, 0.25) is 0 Å². The van der Waals surface area contributed by atoms with E-state index in [0.717, 1.165) is 31.9 Å². The molecule has 0 saturated carbocycles. The van der Waals surface area contributed by atoms with Gasteiger partial charge in [0.25, 0.3) is 5.91 Å². The quantitative estimate of drug-likeness (QED) is 0.854. The monoisotopic (exact) mass is 362 g/mol. The summed E-state index contributed by atoms with van der Waals surface area (Å²) in [6.07, 6.45) is 3.34. The van der Waals surface area contributed by atoms with Crippen molar-refractivity contribution in [2.24, 2.45) is 0 Å². The number of hydrogen-bond donors (Lipinski definition) is 1. The molecule has 1 saturated heterocycles. The molecule has 2 heterocycles. The van der Waals surface area contributed by atoms with Crippen LogP contribution in [0.1, 0.15) is 22.8 Å². The van der Waals surface area contributed by atoms with Gasteiger partial charge in [-0.05, 0) is 18.6 Å². The number of aromatic nitrogens is 2. The first-order chi connectivity index (χ1) is 12.1. The van der Waals surface area contributed by atoms with Crippen molar-refractivity contribution in [3.8, 4) is 0 Å². The van der Waals surface area contributed by atoms with Crippen LogP contribution in [0.2, 0.25) is 5.02 Å². The van der Waals surface area contributed by atoms with Crippen LogP contribution in [0.3, 0.4) is 0 Å². The molecular formula is C18H23ClN4O2. The maximum Gasteiger partial charge on any atom is 0.254 e. The summed E-state index contributed by atoms with van der Waals surface area (Å²) in [4.78, 5) is 14.7. The Morgan fingerprint density at radius 2 is 2.12 bits per heavy atom. The molecule has 2 aromatic rings. The average Bonchev–Trinajstić information content (AvgIpc) is 3.11. The van der Waals surface area contributed by atoms with Crippen LogP contribution < -0.4 is 5.32 Å². The first kappa shape index (κ1) is 17.9. The van der Waals surface area contributed by atoms with E-state index in [9.17, 15) is 4.79 Å². The molecule has 134 valence electrons. The van der Waals surface area contributed by atoms with Crippen LogP contribution in [0.5, 0.6) is 0 Å². The fourth-order valence-electron chi connectivity index (χ4n) is 2.86. The van der Waals surface area contributed by atoms with E-state index in [-0.39, 0.29) is 11.9 Å². The SMILES string of the molecule is C[C@H](CNC(=O)c1cnn(Cc2ccccc2Cl)c1)N1CCOCC1. The first-order valence-electron chi connectivity index (χ1n) is 8.49. The molecule has 3 rings (SSSR count). The number of morpholine rings is 1. The van der Waals surface area contributed by atoms with Crippen LogP contribution in [-0.4, -0.2) is 59.5 Å². The highest BCUT2D eigenvalue weighted by Gasteiger charge is 2.18. The summed E-state index contributed by atoms with van der Waals surface area (Å²) in [5.41, 5.74) is 1.53. The maximum absolute atomic E-state index is 12.3. The normalized spacial score (nSPS) is 16.6. The third-order valence-electron chi connectivity index (χ3n) is 4.41. The second-order valence-corrected chi connectivity index (χ2v) is 6.63. The van der Waals surface area contributed by atoms with E-state index in [1.54, 1.807) is 17.1 Å². The van der Waals surface area contributed by atoms with Crippen LogP contribution in [0, 0.1) is 0 Å². The van der Waals surface area contributed by atoms with E-state index >= 15 is 0 Å². The van der Waals surface area contributed by atoms with E-state index in [0.29, 0.717) is 23.7 Å². The lowest BCUT2D eigenvalue weighted by Crippen LogP contribution is -2.47. The lowest BCUT2D eigenvalue weighted by atomic mass is 10.2. The van der Waals surface area contributed by atoms with Gasteiger partial charge in [0, 0.05) is 36.9 Å². The number of carbonyl (C=O) groups excluding carboxylic acids is 1. The highest BCUT2D eigenvalue weighted by molar-refractivity contribution is 6.31. The number of ether oxygens (including phenoxy) is 1. The molecule has 0 bridgehead atoms. The number of benzene rings is 1. The molecule has 0 unspecified atom stereocenters. The number of halogens is 1. The van der Waals surface area contributed by atoms with Crippen molar-refractivity contribution in [1.82, 2.24) is 20.0 Å². The minimum Gasteiger partial charge on any atom is -0.379 e. The zero-order valence-electron chi connectivity index (χ0n) is 14.3. The van der Waals surface area contributed by atoms with E-state index in [1.165, 1.54) is 0 Å². The van der Waals surface area contributed by atoms with E-state index in [1.807, 2.05) is 24.3 Å². The Morgan fingerprint density at radius 3 is 2.88 bits per heavy atom. The van der Waals surface area contributed by atoms with Crippen LogP contribution in [0.4, 0.5) is 0 Å². The van der Waals surface area contributed by atoms with E-state index in [2.05, 4.69) is 22.2 Å². The molecule has 1 aromatic heterocycles. The van der Waals surface area contributed by atoms with Crippen molar-refractivity contribution in [1.29, 1.82) is 0 Å². The number of nitrogens with zero attached hydrogens (tertiary/aromatic N) is 3. The summed E-state index contributed by atoms with van der Waals surface area (Å²) in [5.74, 6) is -0.106. The summed E-state index contributed by atoms with van der Waals surface area (Å²) in [6.45, 7) is 6.60. The molecule has 0 spiro atoms. The number of carbonyl (C=O) groups is 1. The Kier molecular flexibility index (Phi) is 6.07. The average molecular weight is 363 g/mol. The van der Waals surface area contributed by atoms with Crippen molar-refractivity contribution in [3.63, 3.8) is 0 Å². The van der Waals surface area contributed by atoms with Crippen LogP contribution in [0.25, 0.3) is 0 Å². The van der Waals surface area contributed by atoms with Crippen molar-refractivity contribution in [3.05, 3.63) is 52.8 Å². The molecule has 7 heteroatoms. The Labute approximate surface area is 152 Å². The molecule has 1 amide bonds. The smallest absolute Gasteiger partial charge is 0.254 e. The van der Waals surface area contributed by atoms with Crippen molar-refractivity contribution in [2.75, 3.05) is 32.8 Å². The van der Waals surface area contributed by atoms with Gasteiger partial charge in [0.1, 0.15) is 0 Å². The number of nitrogens with one attached hydrogen (secondary N) is 1. The Bertz CT molecular complexity index is 713. The van der Waals surface area contributed by atoms with Gasteiger partial charge in [-0.3, -0.25) is 14.4 Å². The molecule has 0 aliphatic carbocycles. The summed E-state index contributed by atoms with van der Waals surface area (Å²) in [6, 6.07) is 7.91. The molecule has 0 radical (unpaired) electrons. The Morgan fingerprint density at radius 1 is 1.36 bits per heavy atom. The molecule has 1 atom stereocenters. The zero-order chi connectivity index (χ0) is 17.6. The fraction of sp³-hybridized carbons (Fsp3) is 0.444. The van der Waals surface area contributed by atoms with Crippen molar-refractivity contribution < 1.29 is 9.53 Å². The Balaban J connectivity index is 1.53. The summed E-state index contributed by atoms with van der Waals surface area (Å²) in [5, 5.41) is 7.94. The number of hydrogen-bond acceptors (Lipinski definition) is 4. The predicted molar refractivity (Wildman–Crippen MR) is 97.0 cm³/mol. The second-order valence-electron chi connectivity index (χ2n) is 6.23. The van der Waals surface area contributed by atoms with Crippen molar-refractivity contribution in [2.45, 2.75) is 19.5 Å². The predicted octanol–water partition coefficient (Wildman–Crippen LogP) is 2.04. The largest absolute Gasteiger partial charge is 0.379 e. The standard InChI is InChI=1S/C18H23ClN4O2/c1-14(22-6-8-25-9-7-22)10-20-18(24)16-11-21-23(13-16)12-15-4-2-3-5-17(15)19/h2-5,11,13-14H,6-10,12H2,1H3,(H,20,24)/t14-/m1/s1. The molecule has 1 aliphatic rings. The lowest BCUT2D eigenvalue weighted by Gasteiger charge is -2.32. The van der Waals surface area contributed by atoms with E-state index < -0.39 is 0 Å². The molecular weight excluding hydrogens is 340 g/mol. The molecule has 1 N–H and O–H groups in total. The molecule has 1 aromatic carbocycles. The van der Waals surface area contributed by atoms with Gasteiger partial charge in [-0.25, -0.2) is 0 Å². The summed E-state index contributed by atoms with van der Waals surface area (Å²) >= 11 is 6.17. The van der Waals surface area contributed by atoms with Gasteiger partial charge < -0.3 is 10.1 Å². The molecule has 25 heavy (non-hydrogen) atoms. The third kappa shape index (κ3) is 4.81. The van der Waals surface area contributed by atoms with Crippen LogP contribution >= 0.6 is 11.6 Å². The lowest BCUT2D eigenvalue weighted by molar-refractivity contribution is 0.0204. The van der Waals surface area contributed by atoms with Gasteiger partial charge in [0.15, 0.2) is 0 Å². The summed E-state index contributed by atoms with van der Waals surface area (Å²) < 4.78 is 7.08. The number of amides is 1. The molecule has 1 fully saturated rings. The highest BCUT2D eigenvalue weighted by atomic mass is 35.5. The highest BCUT2D eigenvalue weighted by Crippen LogP contribution is 2.16. The molecule has 1 aliphatic heterocycles. The fourth-order valence-corrected chi connectivity index (χ4v) is 3.05. The molecule has 6 nitrogen and oxygen atoms in total. The van der Waals surface area contributed by atoms with Gasteiger partial charge >= 0.3 is 0 Å². The van der Waals surface area contributed by atoms with Crippen LogP contribution in [0.15, 0.2) is 36.7 Å². The van der Waals surface area contributed by atoms with Crippen molar-refractivity contribution >= 4 is 17.5 Å². The zero-order valence-corrected chi connectivity index (χ0v) is 15.1. The van der Waals surface area contributed by atoms with Gasteiger partial charge in [-0.15, -0.1) is 0 Å². The van der Waals surface area contributed by atoms with Gasteiger partial charge in [-0.1, -0.05) is 29.8 Å². The minimum atomic E-state index is -0.106. The first-order valence-corrected chi connectivity index (χ1v) is 8.87. The minimum absolute atomic E-state index is 0.106.